The zero-order valence-electron chi connectivity index (χ0n) is 14.2. The summed E-state index contributed by atoms with van der Waals surface area (Å²) in [6, 6.07) is 0.589. The highest BCUT2D eigenvalue weighted by atomic mass is 16.5. The number of rotatable bonds is 12. The summed E-state index contributed by atoms with van der Waals surface area (Å²) in [5, 5.41) is 3.62. The van der Waals surface area contributed by atoms with Crippen molar-refractivity contribution in [2.24, 2.45) is 5.41 Å². The van der Waals surface area contributed by atoms with Crippen LogP contribution in [-0.4, -0.2) is 25.8 Å². The van der Waals surface area contributed by atoms with Crippen LogP contribution in [0.15, 0.2) is 0 Å². The largest absolute Gasteiger partial charge is 0.381 e. The molecule has 0 bridgehead atoms. The molecule has 0 aromatic carbocycles. The number of hydrogen-bond donors (Lipinski definition) is 1. The Balaban J connectivity index is 2.07. The van der Waals surface area contributed by atoms with E-state index in [1.165, 1.54) is 64.2 Å². The Kier molecular flexibility index (Phi) is 9.54. The van der Waals surface area contributed by atoms with E-state index in [-0.39, 0.29) is 0 Å². The molecular formula is C18H37NO. The molecule has 0 aliphatic carbocycles. The van der Waals surface area contributed by atoms with Gasteiger partial charge in [0.05, 0.1) is 6.61 Å². The number of nitrogens with one attached hydrogen (secondary N) is 1. The fraction of sp³-hybridized carbons (Fsp3) is 1.00. The minimum Gasteiger partial charge on any atom is -0.381 e. The van der Waals surface area contributed by atoms with Gasteiger partial charge in [-0.15, -0.1) is 0 Å². The van der Waals surface area contributed by atoms with Crippen molar-refractivity contribution in [1.82, 2.24) is 5.32 Å². The van der Waals surface area contributed by atoms with E-state index < -0.39 is 0 Å². The Hall–Kier alpha value is -0.0800. The second-order valence-electron chi connectivity index (χ2n) is 7.06. The van der Waals surface area contributed by atoms with Gasteiger partial charge in [0.2, 0.25) is 0 Å². The Morgan fingerprint density at radius 3 is 2.20 bits per heavy atom. The van der Waals surface area contributed by atoms with Gasteiger partial charge in [0, 0.05) is 24.6 Å². The van der Waals surface area contributed by atoms with Crippen LogP contribution in [0.2, 0.25) is 0 Å². The van der Waals surface area contributed by atoms with E-state index >= 15 is 0 Å². The summed E-state index contributed by atoms with van der Waals surface area (Å²) in [7, 11) is 0. The van der Waals surface area contributed by atoms with E-state index in [1.807, 2.05) is 0 Å². The molecule has 20 heavy (non-hydrogen) atoms. The van der Waals surface area contributed by atoms with E-state index in [4.69, 9.17) is 4.74 Å². The molecule has 120 valence electrons. The van der Waals surface area contributed by atoms with Crippen molar-refractivity contribution in [3.8, 4) is 0 Å². The lowest BCUT2D eigenvalue weighted by atomic mass is 9.81. The van der Waals surface area contributed by atoms with Gasteiger partial charge in [-0.1, -0.05) is 72.1 Å². The van der Waals surface area contributed by atoms with Gasteiger partial charge >= 0.3 is 0 Å². The second-order valence-corrected chi connectivity index (χ2v) is 7.06. The Bertz CT molecular complexity index is 221. The third-order valence-corrected chi connectivity index (χ3v) is 4.63. The zero-order valence-corrected chi connectivity index (χ0v) is 14.2. The molecule has 1 saturated heterocycles. The summed E-state index contributed by atoms with van der Waals surface area (Å²) in [6.45, 7) is 9.84. The molecule has 0 aromatic rings. The van der Waals surface area contributed by atoms with Gasteiger partial charge in [0.15, 0.2) is 0 Å². The van der Waals surface area contributed by atoms with Crippen LogP contribution in [0.4, 0.5) is 0 Å². The minimum absolute atomic E-state index is 0.437. The molecule has 1 N–H and O–H groups in total. The molecule has 1 fully saturated rings. The third-order valence-electron chi connectivity index (χ3n) is 4.63. The van der Waals surface area contributed by atoms with E-state index in [0.717, 1.165) is 19.8 Å². The Morgan fingerprint density at radius 1 is 1.00 bits per heavy atom. The maximum absolute atomic E-state index is 5.68. The van der Waals surface area contributed by atoms with Crippen LogP contribution in [0.3, 0.4) is 0 Å². The smallest absolute Gasteiger partial charge is 0.0535 e. The van der Waals surface area contributed by atoms with Crippen LogP contribution in [0.5, 0.6) is 0 Å². The molecule has 2 heteroatoms. The van der Waals surface area contributed by atoms with Crippen molar-refractivity contribution < 1.29 is 4.74 Å². The molecule has 1 aliphatic rings. The second kappa shape index (κ2) is 10.6. The van der Waals surface area contributed by atoms with Crippen LogP contribution in [0.1, 0.15) is 85.0 Å². The van der Waals surface area contributed by atoms with Gasteiger partial charge in [0.1, 0.15) is 0 Å². The third kappa shape index (κ3) is 7.64. The van der Waals surface area contributed by atoms with E-state index in [9.17, 15) is 0 Å². The lowest BCUT2D eigenvalue weighted by molar-refractivity contribution is 0.140. The highest BCUT2D eigenvalue weighted by Gasteiger charge is 2.33. The molecule has 0 radical (unpaired) electrons. The fourth-order valence-electron chi connectivity index (χ4n) is 3.13. The molecule has 1 unspecified atom stereocenters. The highest BCUT2D eigenvalue weighted by molar-refractivity contribution is 4.85. The maximum Gasteiger partial charge on any atom is 0.0535 e. The summed E-state index contributed by atoms with van der Waals surface area (Å²) in [5.41, 5.74) is 0.437. The van der Waals surface area contributed by atoms with Crippen molar-refractivity contribution in [1.29, 1.82) is 0 Å². The van der Waals surface area contributed by atoms with Gasteiger partial charge < -0.3 is 10.1 Å². The first-order valence-corrected chi connectivity index (χ1v) is 9.00. The lowest BCUT2D eigenvalue weighted by Gasteiger charge is -2.29. The quantitative estimate of drug-likeness (QED) is 0.513. The first-order valence-electron chi connectivity index (χ1n) is 9.00. The van der Waals surface area contributed by atoms with E-state index in [2.05, 4.69) is 26.1 Å². The zero-order chi connectivity index (χ0) is 14.7. The van der Waals surface area contributed by atoms with E-state index in [0.29, 0.717) is 11.5 Å². The first kappa shape index (κ1) is 18.0. The van der Waals surface area contributed by atoms with Crippen LogP contribution in [0, 0.1) is 5.41 Å². The van der Waals surface area contributed by atoms with Crippen molar-refractivity contribution in [2.45, 2.75) is 91.0 Å². The van der Waals surface area contributed by atoms with Crippen molar-refractivity contribution in [3.63, 3.8) is 0 Å². The standard InChI is InChI=1S/C18H37NO/c1-4-5-6-7-8-9-10-11-12-18(13-14-20-16-18)15-19-17(2)3/h17,19H,4-16H2,1-3H3. The van der Waals surface area contributed by atoms with Crippen LogP contribution in [0.25, 0.3) is 0 Å². The average molecular weight is 284 g/mol. The SMILES string of the molecule is CCCCCCCCCCC1(CNC(C)C)CCOC1. The predicted octanol–water partition coefficient (Wildman–Crippen LogP) is 4.92. The van der Waals surface area contributed by atoms with Crippen molar-refractivity contribution in [2.75, 3.05) is 19.8 Å². The molecule has 0 aromatic heterocycles. The molecular weight excluding hydrogens is 246 g/mol. The van der Waals surface area contributed by atoms with Gasteiger partial charge in [-0.3, -0.25) is 0 Å². The number of ether oxygens (including phenoxy) is 1. The molecule has 1 atom stereocenters. The summed E-state index contributed by atoms with van der Waals surface area (Å²) < 4.78 is 5.68. The Labute approximate surface area is 127 Å². The molecule has 0 amide bonds. The summed E-state index contributed by atoms with van der Waals surface area (Å²) in [4.78, 5) is 0. The normalized spacial score (nSPS) is 22.8. The molecule has 1 heterocycles. The first-order chi connectivity index (χ1) is 9.68. The molecule has 0 spiro atoms. The summed E-state index contributed by atoms with van der Waals surface area (Å²) in [5.74, 6) is 0. The summed E-state index contributed by atoms with van der Waals surface area (Å²) in [6.07, 6.45) is 13.9. The van der Waals surface area contributed by atoms with Gasteiger partial charge in [-0.25, -0.2) is 0 Å². The topological polar surface area (TPSA) is 21.3 Å². The summed E-state index contributed by atoms with van der Waals surface area (Å²) >= 11 is 0. The Morgan fingerprint density at radius 2 is 1.65 bits per heavy atom. The lowest BCUT2D eigenvalue weighted by Crippen LogP contribution is -2.38. The minimum atomic E-state index is 0.437. The molecule has 1 rings (SSSR count). The highest BCUT2D eigenvalue weighted by Crippen LogP contribution is 2.34. The van der Waals surface area contributed by atoms with Gasteiger partial charge in [-0.2, -0.15) is 0 Å². The number of hydrogen-bond acceptors (Lipinski definition) is 2. The van der Waals surface area contributed by atoms with Gasteiger partial charge in [-0.05, 0) is 12.8 Å². The monoisotopic (exact) mass is 283 g/mol. The molecule has 0 saturated carbocycles. The molecule has 1 aliphatic heterocycles. The fourth-order valence-corrected chi connectivity index (χ4v) is 3.13. The van der Waals surface area contributed by atoms with Crippen LogP contribution >= 0.6 is 0 Å². The number of unbranched alkanes of at least 4 members (excludes halogenated alkanes) is 7. The van der Waals surface area contributed by atoms with Crippen molar-refractivity contribution >= 4 is 0 Å². The van der Waals surface area contributed by atoms with Gasteiger partial charge in [0.25, 0.3) is 0 Å². The maximum atomic E-state index is 5.68. The molecule has 2 nitrogen and oxygen atoms in total. The average Bonchev–Trinajstić information content (AvgIpc) is 2.89. The predicted molar refractivity (Wildman–Crippen MR) is 88.2 cm³/mol. The van der Waals surface area contributed by atoms with Crippen LogP contribution in [-0.2, 0) is 4.74 Å². The van der Waals surface area contributed by atoms with E-state index in [1.54, 1.807) is 0 Å². The van der Waals surface area contributed by atoms with Crippen LogP contribution < -0.4 is 5.32 Å². The van der Waals surface area contributed by atoms with Crippen molar-refractivity contribution in [3.05, 3.63) is 0 Å².